The van der Waals surface area contributed by atoms with E-state index in [2.05, 4.69) is 9.73 Å². The summed E-state index contributed by atoms with van der Waals surface area (Å²) in [4.78, 5) is 15.4. The fraction of sp³-hybridized carbons (Fsp3) is 0.286. The average Bonchev–Trinajstić information content (AvgIpc) is 2.38. The quantitative estimate of drug-likeness (QED) is 0.376. The van der Waals surface area contributed by atoms with Crippen LogP contribution in [-0.2, 0) is 16.0 Å². The molecule has 1 N–H and O–H groups in total. The van der Waals surface area contributed by atoms with Gasteiger partial charge in [-0.25, -0.2) is 4.79 Å². The molecule has 0 heterocycles. The van der Waals surface area contributed by atoms with Crippen molar-refractivity contribution in [2.24, 2.45) is 4.99 Å². The molecule has 0 bridgehead atoms. The number of allylic oxidation sites excluding steroid dienone is 1. The second kappa shape index (κ2) is 7.27. The first-order valence-electron chi connectivity index (χ1n) is 5.67. The monoisotopic (exact) mass is 247 g/mol. The fourth-order valence-electron chi connectivity index (χ4n) is 1.40. The van der Waals surface area contributed by atoms with Crippen LogP contribution >= 0.6 is 0 Å². The first-order chi connectivity index (χ1) is 8.65. The zero-order valence-corrected chi connectivity index (χ0v) is 10.6. The summed E-state index contributed by atoms with van der Waals surface area (Å²) in [7, 11) is 1.27. The molecule has 0 unspecified atom stereocenters. The molecule has 4 nitrogen and oxygen atoms in total. The summed E-state index contributed by atoms with van der Waals surface area (Å²) < 4.78 is 4.54. The Morgan fingerprint density at radius 1 is 1.39 bits per heavy atom. The third-order valence-corrected chi connectivity index (χ3v) is 2.39. The maximum absolute atomic E-state index is 11.3. The molecule has 0 radical (unpaired) electrons. The predicted octanol–water partition coefficient (Wildman–Crippen LogP) is 2.30. The van der Waals surface area contributed by atoms with Gasteiger partial charge in [-0.2, -0.15) is 0 Å². The first-order valence-corrected chi connectivity index (χ1v) is 5.67. The Balaban J connectivity index is 2.54. The van der Waals surface area contributed by atoms with Crippen LogP contribution in [0.5, 0.6) is 0 Å². The van der Waals surface area contributed by atoms with E-state index in [-0.39, 0.29) is 11.3 Å². The maximum Gasteiger partial charge on any atom is 0.342 e. The highest BCUT2D eigenvalue weighted by Gasteiger charge is 2.10. The molecular weight excluding hydrogens is 230 g/mol. The van der Waals surface area contributed by atoms with Gasteiger partial charge in [0.25, 0.3) is 0 Å². The molecule has 0 atom stereocenters. The minimum atomic E-state index is -0.585. The van der Waals surface area contributed by atoms with Gasteiger partial charge in [0.1, 0.15) is 11.3 Å². The van der Waals surface area contributed by atoms with Crippen molar-refractivity contribution in [2.45, 2.75) is 13.3 Å². The summed E-state index contributed by atoms with van der Waals surface area (Å²) in [5.74, 6) is -0.677. The van der Waals surface area contributed by atoms with Crippen LogP contribution in [0.15, 0.2) is 46.7 Å². The van der Waals surface area contributed by atoms with E-state index in [0.717, 1.165) is 6.42 Å². The number of rotatable bonds is 5. The Bertz CT molecular complexity index is 445. The van der Waals surface area contributed by atoms with Gasteiger partial charge in [0.05, 0.1) is 7.11 Å². The predicted molar refractivity (Wildman–Crippen MR) is 70.8 cm³/mol. The molecule has 0 saturated heterocycles. The molecule has 0 amide bonds. The van der Waals surface area contributed by atoms with Gasteiger partial charge in [0.15, 0.2) is 0 Å². The highest BCUT2D eigenvalue weighted by Crippen LogP contribution is 2.02. The molecule has 18 heavy (non-hydrogen) atoms. The maximum atomic E-state index is 11.3. The van der Waals surface area contributed by atoms with Gasteiger partial charge in [-0.1, -0.05) is 30.3 Å². The topological polar surface area (TPSA) is 58.9 Å². The molecule has 4 heteroatoms. The van der Waals surface area contributed by atoms with E-state index in [4.69, 9.17) is 0 Å². The number of esters is 1. The van der Waals surface area contributed by atoms with Crippen LogP contribution in [0.4, 0.5) is 0 Å². The number of carbonyl (C=O) groups is 1. The molecule has 0 aliphatic carbocycles. The van der Waals surface area contributed by atoms with Gasteiger partial charge < -0.3 is 9.84 Å². The van der Waals surface area contributed by atoms with Crippen LogP contribution in [0, 0.1) is 0 Å². The number of aliphatic hydroxyl groups excluding tert-OH is 1. The number of benzene rings is 1. The van der Waals surface area contributed by atoms with Crippen molar-refractivity contribution in [1.29, 1.82) is 0 Å². The summed E-state index contributed by atoms with van der Waals surface area (Å²) in [6, 6.07) is 9.93. The lowest BCUT2D eigenvalue weighted by Gasteiger charge is -2.01. The summed E-state index contributed by atoms with van der Waals surface area (Å²) in [5, 5.41) is 9.32. The molecule has 1 rings (SSSR count). The molecule has 1 aromatic rings. The molecule has 0 aliphatic heterocycles. The second-order valence-corrected chi connectivity index (χ2v) is 3.76. The number of hydrogen-bond acceptors (Lipinski definition) is 4. The van der Waals surface area contributed by atoms with E-state index in [1.54, 1.807) is 0 Å². The number of ether oxygens (including phenoxy) is 1. The van der Waals surface area contributed by atoms with E-state index in [1.807, 2.05) is 30.3 Å². The lowest BCUT2D eigenvalue weighted by Crippen LogP contribution is -2.08. The lowest BCUT2D eigenvalue weighted by molar-refractivity contribution is -0.135. The van der Waals surface area contributed by atoms with Gasteiger partial charge in [-0.15, -0.1) is 0 Å². The van der Waals surface area contributed by atoms with E-state index in [1.165, 1.54) is 25.8 Å². The van der Waals surface area contributed by atoms with Crippen LogP contribution in [0.25, 0.3) is 0 Å². The smallest absolute Gasteiger partial charge is 0.342 e. The second-order valence-electron chi connectivity index (χ2n) is 3.76. The van der Waals surface area contributed by atoms with Crippen molar-refractivity contribution < 1.29 is 14.6 Å². The third kappa shape index (κ3) is 4.41. The molecule has 0 fully saturated rings. The highest BCUT2D eigenvalue weighted by molar-refractivity contribution is 6.09. The minimum absolute atomic E-state index is 0.0885. The van der Waals surface area contributed by atoms with Crippen molar-refractivity contribution in [3.63, 3.8) is 0 Å². The van der Waals surface area contributed by atoms with Crippen LogP contribution in [0.3, 0.4) is 0 Å². The number of carbonyl (C=O) groups excluding carboxylic acids is 1. The van der Waals surface area contributed by atoms with E-state index >= 15 is 0 Å². The zero-order valence-electron chi connectivity index (χ0n) is 10.6. The highest BCUT2D eigenvalue weighted by atomic mass is 16.5. The Kier molecular flexibility index (Phi) is 5.64. The Morgan fingerprint density at radius 2 is 2.06 bits per heavy atom. The average molecular weight is 247 g/mol. The molecule has 0 aliphatic rings. The number of methoxy groups -OCH3 is 1. The van der Waals surface area contributed by atoms with Crippen molar-refractivity contribution in [3.8, 4) is 0 Å². The van der Waals surface area contributed by atoms with Gasteiger partial charge >= 0.3 is 5.97 Å². The first kappa shape index (κ1) is 14.0. The van der Waals surface area contributed by atoms with Gasteiger partial charge in [-0.3, -0.25) is 4.99 Å². The van der Waals surface area contributed by atoms with Crippen LogP contribution in [0.2, 0.25) is 0 Å². The van der Waals surface area contributed by atoms with Gasteiger partial charge in [0, 0.05) is 12.8 Å². The van der Waals surface area contributed by atoms with Crippen molar-refractivity contribution in [2.75, 3.05) is 13.7 Å². The largest absolute Gasteiger partial charge is 0.512 e. The summed E-state index contributed by atoms with van der Waals surface area (Å²) in [5.41, 5.74) is 1.27. The Labute approximate surface area is 107 Å². The van der Waals surface area contributed by atoms with Crippen LogP contribution in [0.1, 0.15) is 12.5 Å². The number of hydrogen-bond donors (Lipinski definition) is 1. The van der Waals surface area contributed by atoms with Crippen molar-refractivity contribution >= 4 is 12.2 Å². The molecular formula is C14H17NO3. The molecule has 96 valence electrons. The van der Waals surface area contributed by atoms with Crippen LogP contribution in [-0.4, -0.2) is 30.9 Å². The number of aliphatic hydroxyl groups is 1. The third-order valence-electron chi connectivity index (χ3n) is 2.39. The fourth-order valence-corrected chi connectivity index (χ4v) is 1.40. The molecule has 0 spiro atoms. The number of nitrogens with zero attached hydrogens (tertiary/aromatic N) is 1. The lowest BCUT2D eigenvalue weighted by atomic mass is 10.1. The standard InChI is InChI=1S/C14H17NO3/c1-11(16)13(14(17)18-2)10-15-9-8-12-6-4-3-5-7-12/h3-7,10,16H,8-9H2,1-2H3/b13-11+,15-10?. The Hall–Kier alpha value is -2.10. The van der Waals surface area contributed by atoms with Crippen LogP contribution < -0.4 is 0 Å². The molecule has 1 aromatic carbocycles. The van der Waals surface area contributed by atoms with E-state index < -0.39 is 5.97 Å². The molecule has 0 aromatic heterocycles. The van der Waals surface area contributed by atoms with E-state index in [9.17, 15) is 9.90 Å². The zero-order chi connectivity index (χ0) is 13.4. The normalized spacial score (nSPS) is 12.3. The number of aliphatic imine (C=N–C) groups is 1. The minimum Gasteiger partial charge on any atom is -0.512 e. The van der Waals surface area contributed by atoms with E-state index in [0.29, 0.717) is 6.54 Å². The van der Waals surface area contributed by atoms with Gasteiger partial charge in [-0.05, 0) is 18.9 Å². The van der Waals surface area contributed by atoms with Gasteiger partial charge in [0.2, 0.25) is 0 Å². The van der Waals surface area contributed by atoms with Crippen molar-refractivity contribution in [3.05, 3.63) is 47.2 Å². The summed E-state index contributed by atoms with van der Waals surface area (Å²) >= 11 is 0. The Morgan fingerprint density at radius 3 is 2.61 bits per heavy atom. The summed E-state index contributed by atoms with van der Waals surface area (Å²) in [6.45, 7) is 1.98. The molecule has 0 saturated carbocycles. The van der Waals surface area contributed by atoms with Crippen molar-refractivity contribution in [1.82, 2.24) is 0 Å². The summed E-state index contributed by atoms with van der Waals surface area (Å²) in [6.07, 6.45) is 2.14. The SMILES string of the molecule is COC(=O)/C(C=NCCc1ccccc1)=C(\C)O.